The highest BCUT2D eigenvalue weighted by Crippen LogP contribution is 2.20. The minimum absolute atomic E-state index is 0.0723. The lowest BCUT2D eigenvalue weighted by Crippen LogP contribution is -2.14. The number of amides is 1. The molecule has 1 aromatic heterocycles. The van der Waals surface area contributed by atoms with Crippen molar-refractivity contribution in [3.05, 3.63) is 59.2 Å². The summed E-state index contributed by atoms with van der Waals surface area (Å²) in [6, 6.07) is 14.0. The summed E-state index contributed by atoms with van der Waals surface area (Å²) in [6.45, 7) is 6.06. The summed E-state index contributed by atoms with van der Waals surface area (Å²) in [6.07, 6.45) is 0. The molecular formula is C19H20N4OS. The molecule has 2 aromatic carbocycles. The number of carbonyl (C=O) groups is 1. The molecule has 0 saturated heterocycles. The molecule has 0 fully saturated rings. The second kappa shape index (κ2) is 7.53. The summed E-state index contributed by atoms with van der Waals surface area (Å²) in [5.74, 6) is 0.899. The molecule has 0 spiro atoms. The molecule has 0 aliphatic carbocycles. The minimum Gasteiger partial charge on any atom is -0.325 e. The van der Waals surface area contributed by atoms with E-state index in [9.17, 15) is 4.79 Å². The predicted octanol–water partition coefficient (Wildman–Crippen LogP) is 4.13. The van der Waals surface area contributed by atoms with Gasteiger partial charge in [-0.2, -0.15) is 0 Å². The van der Waals surface area contributed by atoms with Crippen molar-refractivity contribution in [2.24, 2.45) is 0 Å². The van der Waals surface area contributed by atoms with E-state index in [1.165, 1.54) is 11.8 Å². The predicted molar refractivity (Wildman–Crippen MR) is 102 cm³/mol. The number of anilines is 1. The molecule has 3 aromatic rings. The number of aromatic nitrogens is 3. The van der Waals surface area contributed by atoms with Crippen molar-refractivity contribution in [2.45, 2.75) is 25.9 Å². The Morgan fingerprint density at radius 3 is 2.56 bits per heavy atom. The Balaban J connectivity index is 1.59. The Morgan fingerprint density at radius 1 is 1.08 bits per heavy atom. The fourth-order valence-corrected chi connectivity index (χ4v) is 3.20. The fourth-order valence-electron chi connectivity index (χ4n) is 2.61. The van der Waals surface area contributed by atoms with Crippen LogP contribution in [0.2, 0.25) is 0 Å². The van der Waals surface area contributed by atoms with Gasteiger partial charge in [0.05, 0.1) is 5.75 Å². The summed E-state index contributed by atoms with van der Waals surface area (Å²) < 4.78 is 0. The van der Waals surface area contributed by atoms with E-state index in [0.717, 1.165) is 27.9 Å². The number of nitrogens with one attached hydrogen (secondary N) is 2. The van der Waals surface area contributed by atoms with Gasteiger partial charge in [-0.25, -0.2) is 4.98 Å². The first-order chi connectivity index (χ1) is 12.0. The molecule has 0 atom stereocenters. The maximum absolute atomic E-state index is 12.1. The van der Waals surface area contributed by atoms with E-state index >= 15 is 0 Å². The third kappa shape index (κ3) is 4.70. The molecule has 0 aliphatic rings. The molecular weight excluding hydrogens is 332 g/mol. The molecule has 0 saturated carbocycles. The first kappa shape index (κ1) is 17.2. The van der Waals surface area contributed by atoms with Crippen molar-refractivity contribution in [3.63, 3.8) is 0 Å². The smallest absolute Gasteiger partial charge is 0.234 e. The fraction of sp³-hybridized carbons (Fsp3) is 0.211. The number of benzene rings is 2. The Kier molecular flexibility index (Phi) is 5.19. The quantitative estimate of drug-likeness (QED) is 0.678. The van der Waals surface area contributed by atoms with E-state index in [4.69, 9.17) is 0 Å². The SMILES string of the molecule is Cc1cc(C)cc(NC(=O)CSc2n[nH]c(-c3cccc(C)c3)n2)c1. The van der Waals surface area contributed by atoms with Gasteiger partial charge in [-0.05, 0) is 50.1 Å². The van der Waals surface area contributed by atoms with Crippen LogP contribution in [0.3, 0.4) is 0 Å². The molecule has 25 heavy (non-hydrogen) atoms. The van der Waals surface area contributed by atoms with E-state index in [1.54, 1.807) is 0 Å². The van der Waals surface area contributed by atoms with Gasteiger partial charge in [0.1, 0.15) is 0 Å². The number of hydrogen-bond donors (Lipinski definition) is 2. The van der Waals surface area contributed by atoms with Gasteiger partial charge in [-0.15, -0.1) is 5.10 Å². The number of H-pyrrole nitrogens is 1. The van der Waals surface area contributed by atoms with E-state index in [0.29, 0.717) is 11.0 Å². The Bertz CT molecular complexity index is 884. The van der Waals surface area contributed by atoms with Crippen LogP contribution in [0.15, 0.2) is 47.6 Å². The molecule has 128 valence electrons. The van der Waals surface area contributed by atoms with Gasteiger partial charge in [-0.3, -0.25) is 9.89 Å². The topological polar surface area (TPSA) is 70.7 Å². The average molecular weight is 352 g/mol. The third-order valence-corrected chi connectivity index (χ3v) is 4.44. The van der Waals surface area contributed by atoms with E-state index in [1.807, 2.05) is 57.2 Å². The highest BCUT2D eigenvalue weighted by molar-refractivity contribution is 7.99. The zero-order valence-electron chi connectivity index (χ0n) is 14.5. The first-order valence-electron chi connectivity index (χ1n) is 8.00. The molecule has 6 heteroatoms. The summed E-state index contributed by atoms with van der Waals surface area (Å²) in [7, 11) is 0. The van der Waals surface area contributed by atoms with Crippen LogP contribution in [-0.4, -0.2) is 26.8 Å². The largest absolute Gasteiger partial charge is 0.325 e. The van der Waals surface area contributed by atoms with Gasteiger partial charge in [-0.1, -0.05) is 41.6 Å². The summed E-state index contributed by atoms with van der Waals surface area (Å²) in [5, 5.41) is 10.6. The molecule has 0 unspecified atom stereocenters. The monoisotopic (exact) mass is 352 g/mol. The van der Waals surface area contributed by atoms with Crippen molar-refractivity contribution in [1.82, 2.24) is 15.2 Å². The number of aromatic amines is 1. The average Bonchev–Trinajstić information content (AvgIpc) is 3.01. The van der Waals surface area contributed by atoms with E-state index in [-0.39, 0.29) is 11.7 Å². The zero-order chi connectivity index (χ0) is 17.8. The highest BCUT2D eigenvalue weighted by Gasteiger charge is 2.09. The second-order valence-electron chi connectivity index (χ2n) is 6.05. The maximum Gasteiger partial charge on any atom is 0.234 e. The van der Waals surface area contributed by atoms with Crippen molar-refractivity contribution in [1.29, 1.82) is 0 Å². The van der Waals surface area contributed by atoms with Crippen LogP contribution in [0.5, 0.6) is 0 Å². The zero-order valence-corrected chi connectivity index (χ0v) is 15.3. The number of carbonyl (C=O) groups excluding carboxylic acids is 1. The Labute approximate surface area is 151 Å². The minimum atomic E-state index is -0.0723. The van der Waals surface area contributed by atoms with Gasteiger partial charge in [0.2, 0.25) is 11.1 Å². The number of nitrogens with zero attached hydrogens (tertiary/aromatic N) is 2. The highest BCUT2D eigenvalue weighted by atomic mass is 32.2. The van der Waals surface area contributed by atoms with Gasteiger partial charge in [0, 0.05) is 11.3 Å². The molecule has 3 rings (SSSR count). The number of aryl methyl sites for hydroxylation is 3. The molecule has 1 amide bonds. The van der Waals surface area contributed by atoms with Gasteiger partial charge in [0.25, 0.3) is 0 Å². The summed E-state index contributed by atoms with van der Waals surface area (Å²) >= 11 is 1.31. The third-order valence-electron chi connectivity index (χ3n) is 3.59. The lowest BCUT2D eigenvalue weighted by Gasteiger charge is -2.06. The lowest BCUT2D eigenvalue weighted by molar-refractivity contribution is -0.113. The summed E-state index contributed by atoms with van der Waals surface area (Å²) in [5.41, 5.74) is 5.22. The van der Waals surface area contributed by atoms with E-state index in [2.05, 4.69) is 26.6 Å². The van der Waals surface area contributed by atoms with Crippen molar-refractivity contribution >= 4 is 23.4 Å². The number of thioether (sulfide) groups is 1. The maximum atomic E-state index is 12.1. The molecule has 2 N–H and O–H groups in total. The van der Waals surface area contributed by atoms with Crippen molar-refractivity contribution in [2.75, 3.05) is 11.1 Å². The molecule has 0 radical (unpaired) electrons. The van der Waals surface area contributed by atoms with Crippen LogP contribution in [0.25, 0.3) is 11.4 Å². The number of rotatable bonds is 5. The van der Waals surface area contributed by atoms with Gasteiger partial charge < -0.3 is 5.32 Å². The van der Waals surface area contributed by atoms with Crippen LogP contribution in [0, 0.1) is 20.8 Å². The van der Waals surface area contributed by atoms with Gasteiger partial charge >= 0.3 is 0 Å². The van der Waals surface area contributed by atoms with Crippen molar-refractivity contribution in [3.8, 4) is 11.4 Å². The lowest BCUT2D eigenvalue weighted by atomic mass is 10.1. The Morgan fingerprint density at radius 2 is 1.84 bits per heavy atom. The first-order valence-corrected chi connectivity index (χ1v) is 8.98. The van der Waals surface area contributed by atoms with Crippen LogP contribution >= 0.6 is 11.8 Å². The van der Waals surface area contributed by atoms with Crippen LogP contribution < -0.4 is 5.32 Å². The van der Waals surface area contributed by atoms with Crippen LogP contribution in [0.1, 0.15) is 16.7 Å². The van der Waals surface area contributed by atoms with Gasteiger partial charge in [0.15, 0.2) is 5.82 Å². The molecule has 1 heterocycles. The second-order valence-corrected chi connectivity index (χ2v) is 6.99. The molecule has 0 bridgehead atoms. The van der Waals surface area contributed by atoms with Crippen LogP contribution in [0.4, 0.5) is 5.69 Å². The van der Waals surface area contributed by atoms with Crippen molar-refractivity contribution < 1.29 is 4.79 Å². The standard InChI is InChI=1S/C19H20N4OS/c1-12-5-4-6-15(8-12)18-21-19(23-22-18)25-11-17(24)20-16-9-13(2)7-14(3)10-16/h4-10H,11H2,1-3H3,(H,20,24)(H,21,22,23). The molecule has 5 nitrogen and oxygen atoms in total. The summed E-state index contributed by atoms with van der Waals surface area (Å²) in [4.78, 5) is 16.6. The molecule has 0 aliphatic heterocycles. The Hall–Kier alpha value is -2.60. The van der Waals surface area contributed by atoms with E-state index < -0.39 is 0 Å². The number of hydrogen-bond acceptors (Lipinski definition) is 4. The van der Waals surface area contributed by atoms with Crippen LogP contribution in [-0.2, 0) is 4.79 Å². The normalized spacial score (nSPS) is 10.7.